The number of piperidine rings is 1. The van der Waals surface area contributed by atoms with Crippen LogP contribution in [0.2, 0.25) is 0 Å². The maximum Gasteiger partial charge on any atom is 0.328 e. The van der Waals surface area contributed by atoms with Crippen LogP contribution in [0.5, 0.6) is 0 Å². The normalized spacial score (nSPS) is 28.1. The molecular formula is C43H63N9O12. The Morgan fingerprint density at radius 2 is 1.19 bits per heavy atom. The first-order valence-corrected chi connectivity index (χ1v) is 21.5. The van der Waals surface area contributed by atoms with Crippen LogP contribution in [-0.4, -0.2) is 131 Å². The third kappa shape index (κ3) is 15.7. The molecule has 2 aliphatic heterocycles. The zero-order valence-electron chi connectivity index (χ0n) is 37.5. The van der Waals surface area contributed by atoms with Gasteiger partial charge in [0.25, 0.3) is 5.91 Å². The van der Waals surface area contributed by atoms with E-state index >= 15 is 0 Å². The molecule has 2 heterocycles. The Morgan fingerprint density at radius 1 is 0.672 bits per heavy atom. The average Bonchev–Trinajstić information content (AvgIpc) is 3.25. The summed E-state index contributed by atoms with van der Waals surface area (Å²) < 4.78 is 5.35. The van der Waals surface area contributed by atoms with Crippen molar-refractivity contribution in [3.8, 4) is 0 Å². The molecule has 2 fully saturated rings. The number of nitrogens with one attached hydrogen (secondary N) is 7. The van der Waals surface area contributed by atoms with Gasteiger partial charge in [0.2, 0.25) is 53.0 Å². The van der Waals surface area contributed by atoms with Crippen LogP contribution in [0.25, 0.3) is 0 Å². The number of primary amides is 1. The van der Waals surface area contributed by atoms with Gasteiger partial charge in [-0.15, -0.1) is 0 Å². The van der Waals surface area contributed by atoms with E-state index in [2.05, 4.69) is 37.2 Å². The van der Waals surface area contributed by atoms with Crippen LogP contribution in [-0.2, 0) is 63.9 Å². The molecule has 21 heteroatoms. The largest absolute Gasteiger partial charge is 0.463 e. The summed E-state index contributed by atoms with van der Waals surface area (Å²) in [4.78, 5) is 147. The minimum Gasteiger partial charge on any atom is -0.463 e. The van der Waals surface area contributed by atoms with Gasteiger partial charge in [0.15, 0.2) is 0 Å². The van der Waals surface area contributed by atoms with Gasteiger partial charge >= 0.3 is 5.97 Å². The number of ketones is 1. The minimum atomic E-state index is -1.57. The van der Waals surface area contributed by atoms with E-state index in [1.54, 1.807) is 0 Å². The Hall–Kier alpha value is -6.41. The Balaban J connectivity index is 1.95. The second-order valence-electron chi connectivity index (χ2n) is 17.0. The van der Waals surface area contributed by atoms with E-state index in [-0.39, 0.29) is 38.6 Å². The minimum absolute atomic E-state index is 0.0721. The molecule has 2 aliphatic rings. The molecule has 1 aromatic carbocycles. The molecule has 0 aromatic heterocycles. The summed E-state index contributed by atoms with van der Waals surface area (Å²) in [7, 11) is 0. The first-order valence-electron chi connectivity index (χ1n) is 21.5. The predicted octanol–water partition coefficient (Wildman–Crippen LogP) is -1.70. The fourth-order valence-corrected chi connectivity index (χ4v) is 6.84. The quantitative estimate of drug-likeness (QED) is 0.117. The molecule has 1 aromatic rings. The Bertz CT molecular complexity index is 1930. The summed E-state index contributed by atoms with van der Waals surface area (Å²) in [5, 5.41) is 17.6. The summed E-state index contributed by atoms with van der Waals surface area (Å²) >= 11 is 0. The number of carbonyl (C=O) groups is 11. The topological polar surface area (TPSA) is 310 Å². The molecule has 0 saturated carbocycles. The fourth-order valence-electron chi connectivity index (χ4n) is 6.84. The zero-order chi connectivity index (χ0) is 47.9. The van der Waals surface area contributed by atoms with Gasteiger partial charge in [0, 0.05) is 25.4 Å². The van der Waals surface area contributed by atoms with Crippen LogP contribution in [0.3, 0.4) is 0 Å². The maximum absolute atomic E-state index is 14.1. The highest BCUT2D eigenvalue weighted by molar-refractivity contribution is 6.38. The number of esters is 1. The van der Waals surface area contributed by atoms with E-state index in [1.165, 1.54) is 53.4 Å². The number of aryl methyl sites for hydroxylation is 1. The van der Waals surface area contributed by atoms with Gasteiger partial charge in [0.05, 0.1) is 5.41 Å². The molecule has 1 unspecified atom stereocenters. The molecule has 0 bridgehead atoms. The number of amides is 9. The number of nitrogens with zero attached hydrogens (tertiary/aromatic N) is 1. The molecular weight excluding hydrogens is 835 g/mol. The van der Waals surface area contributed by atoms with E-state index in [4.69, 9.17) is 10.5 Å². The number of carbonyl (C=O) groups excluding carboxylic acids is 11. The van der Waals surface area contributed by atoms with Crippen LogP contribution in [0.4, 0.5) is 0 Å². The Kier molecular flexibility index (Phi) is 19.4. The molecule has 64 heavy (non-hydrogen) atoms. The zero-order valence-corrected chi connectivity index (χ0v) is 37.5. The molecule has 9 amide bonds. The molecule has 0 aliphatic carbocycles. The first kappa shape index (κ1) is 51.9. The van der Waals surface area contributed by atoms with Crippen LogP contribution >= 0.6 is 0 Å². The number of hydrogen-bond donors (Lipinski definition) is 8. The molecule has 0 radical (unpaired) electrons. The van der Waals surface area contributed by atoms with E-state index in [1.807, 2.05) is 30.3 Å². The maximum atomic E-state index is 14.1. The molecule has 8 atom stereocenters. The standard InChI is InChI=1S/C43H63N9O12/c1-23-36(57)47-25(3)38(59)49-27(5)42(63)64-22-43(6,7)34(55)41(62)52-20-12-11-15-31(52)40(61)50-29(17-16-28-13-9-8-10-14-28)21-33(54)51-30(18-19-32(44)53)39(60)48-26(4)37(58)46-24(2)35(56)45-23/h8-10,13-14,23-27,29-31H,11-12,15-22H2,1-7H3,(H2,44,53)(H,45,56)(H,46,58)(H,47,57)(H,48,60)(H,49,59)(H,50,61)(H,51,54)/t23-,24-,25?,26-,27-,29+,30-,31-/m0/s1. The van der Waals surface area contributed by atoms with E-state index in [9.17, 15) is 52.7 Å². The molecule has 3 rings (SSSR count). The van der Waals surface area contributed by atoms with E-state index < -0.39 is 125 Å². The van der Waals surface area contributed by atoms with Crippen molar-refractivity contribution in [3.63, 3.8) is 0 Å². The second kappa shape index (κ2) is 23.9. The molecule has 2 saturated heterocycles. The van der Waals surface area contributed by atoms with Gasteiger partial charge in [0.1, 0.15) is 48.9 Å². The van der Waals surface area contributed by atoms with Gasteiger partial charge in [-0.25, -0.2) is 4.79 Å². The van der Waals surface area contributed by atoms with Gasteiger partial charge in [-0.1, -0.05) is 30.3 Å². The smallest absolute Gasteiger partial charge is 0.328 e. The molecule has 352 valence electrons. The summed E-state index contributed by atoms with van der Waals surface area (Å²) in [6, 6.07) is -0.231. The number of benzene rings is 1. The Labute approximate surface area is 372 Å². The van der Waals surface area contributed by atoms with Crippen LogP contribution in [0.1, 0.15) is 99.0 Å². The average molecular weight is 898 g/mol. The number of cyclic esters (lactones) is 1. The highest BCUT2D eigenvalue weighted by Crippen LogP contribution is 2.24. The van der Waals surface area contributed by atoms with Gasteiger partial charge < -0.3 is 52.6 Å². The van der Waals surface area contributed by atoms with Crippen molar-refractivity contribution in [2.75, 3.05) is 13.2 Å². The van der Waals surface area contributed by atoms with Crippen LogP contribution in [0.15, 0.2) is 30.3 Å². The summed E-state index contributed by atoms with van der Waals surface area (Å²) in [6.07, 6.45) is 0.992. The van der Waals surface area contributed by atoms with Crippen molar-refractivity contribution in [1.82, 2.24) is 42.1 Å². The molecule has 9 N–H and O–H groups in total. The summed E-state index contributed by atoms with van der Waals surface area (Å²) in [5.41, 5.74) is 4.69. The van der Waals surface area contributed by atoms with Crippen LogP contribution in [0, 0.1) is 5.41 Å². The predicted molar refractivity (Wildman–Crippen MR) is 229 cm³/mol. The van der Waals surface area contributed by atoms with Gasteiger partial charge in [-0.05, 0) is 92.6 Å². The summed E-state index contributed by atoms with van der Waals surface area (Å²) in [6.45, 7) is 8.93. The molecule has 0 spiro atoms. The lowest BCUT2D eigenvalue weighted by Crippen LogP contribution is -2.58. The van der Waals surface area contributed by atoms with E-state index in [0.29, 0.717) is 19.3 Å². The van der Waals surface area contributed by atoms with Gasteiger partial charge in [-0.3, -0.25) is 47.9 Å². The first-order chi connectivity index (χ1) is 30.0. The SMILES string of the molecule is CC1NC(=O)[C@H](C)NC(=O)[C@H](C)NC(=O)[C@H](C)NC(=O)[C@H](CCC(N)=O)NC(=O)C[C@@H](CCc2ccccc2)NC(=O)[C@@H]2CCCCN2C(=O)C(=O)C(C)(C)COC(=O)[C@H](C)NC1=O. The third-order valence-electron chi connectivity index (χ3n) is 10.9. The number of ether oxygens (including phenoxy) is 1. The van der Waals surface area contributed by atoms with Crippen molar-refractivity contribution in [1.29, 1.82) is 0 Å². The van der Waals surface area contributed by atoms with Crippen molar-refractivity contribution in [3.05, 3.63) is 35.9 Å². The Morgan fingerprint density at radius 3 is 1.72 bits per heavy atom. The highest BCUT2D eigenvalue weighted by Gasteiger charge is 2.42. The fraction of sp³-hybridized carbons (Fsp3) is 0.605. The number of nitrogens with two attached hydrogens (primary N) is 1. The number of rotatable bonds is 6. The lowest BCUT2D eigenvalue weighted by atomic mass is 9.87. The number of fused-ring (bicyclic) bond motifs is 1. The monoisotopic (exact) mass is 897 g/mol. The van der Waals surface area contributed by atoms with Gasteiger partial charge in [-0.2, -0.15) is 0 Å². The molecule has 21 nitrogen and oxygen atoms in total. The highest BCUT2D eigenvalue weighted by atomic mass is 16.5. The third-order valence-corrected chi connectivity index (χ3v) is 10.9. The van der Waals surface area contributed by atoms with Crippen molar-refractivity contribution < 1.29 is 57.5 Å². The van der Waals surface area contributed by atoms with E-state index in [0.717, 1.165) is 5.56 Å². The van der Waals surface area contributed by atoms with Crippen molar-refractivity contribution in [2.45, 2.75) is 148 Å². The number of hydrogen-bond acceptors (Lipinski definition) is 12. The lowest BCUT2D eigenvalue weighted by Gasteiger charge is -2.36. The number of Topliss-reactive ketones (excluding diaryl/α,β-unsaturated/α-hetero) is 1. The summed E-state index contributed by atoms with van der Waals surface area (Å²) in [5.74, 6) is -8.95. The van der Waals surface area contributed by atoms with Crippen LogP contribution < -0.4 is 43.0 Å². The van der Waals surface area contributed by atoms with Crippen molar-refractivity contribution >= 4 is 64.9 Å². The lowest BCUT2D eigenvalue weighted by molar-refractivity contribution is -0.159. The van der Waals surface area contributed by atoms with Crippen molar-refractivity contribution in [2.24, 2.45) is 11.1 Å². The second-order valence-corrected chi connectivity index (χ2v) is 17.0.